The molecule has 0 radical (unpaired) electrons. The van der Waals surface area contributed by atoms with Crippen LogP contribution < -0.4 is 0 Å². The van der Waals surface area contributed by atoms with Gasteiger partial charge in [-0.2, -0.15) is 0 Å². The van der Waals surface area contributed by atoms with Gasteiger partial charge >= 0.3 is 0 Å². The number of alkyl halides is 4. The van der Waals surface area contributed by atoms with Gasteiger partial charge in [0.2, 0.25) is 0 Å². The van der Waals surface area contributed by atoms with Gasteiger partial charge in [0.15, 0.2) is 4.33 Å². The van der Waals surface area contributed by atoms with E-state index in [0.29, 0.717) is 24.6 Å². The second kappa shape index (κ2) is 6.12. The van der Waals surface area contributed by atoms with E-state index in [1.54, 1.807) is 6.07 Å². The number of rotatable bonds is 1. The minimum Gasteiger partial charge on any atom is -0.110 e. The molecule has 0 heterocycles. The average Bonchev–Trinajstić information content (AvgIpc) is 2.67. The van der Waals surface area contributed by atoms with Gasteiger partial charge in [-0.05, 0) is 34.0 Å². The summed E-state index contributed by atoms with van der Waals surface area (Å²) in [6, 6.07) is 1.76. The Morgan fingerprint density at radius 2 is 1.43 bits per heavy atom. The fourth-order valence-electron chi connectivity index (χ4n) is 3.11. The zero-order valence-electron chi connectivity index (χ0n) is 10.6. The quantitative estimate of drug-likeness (QED) is 0.171. The van der Waals surface area contributed by atoms with Crippen LogP contribution >= 0.6 is 125 Å². The third-order valence-electron chi connectivity index (χ3n) is 4.28. The fraction of sp³-hybridized carbons (Fsp3) is 0.385. The first kappa shape index (κ1) is 20.0. The molecule has 0 spiro atoms. The Morgan fingerprint density at radius 3 is 1.91 bits per heavy atom. The van der Waals surface area contributed by atoms with Gasteiger partial charge in [-0.3, -0.25) is 0 Å². The van der Waals surface area contributed by atoms with Crippen molar-refractivity contribution >= 4 is 125 Å². The molecule has 3 rings (SSSR count). The van der Waals surface area contributed by atoms with Crippen molar-refractivity contribution in [2.75, 3.05) is 0 Å². The van der Waals surface area contributed by atoms with E-state index in [1.165, 1.54) is 0 Å². The summed E-state index contributed by atoms with van der Waals surface area (Å²) >= 11 is 58.5. The van der Waals surface area contributed by atoms with Crippen LogP contribution in [-0.2, 0) is 0 Å². The van der Waals surface area contributed by atoms with E-state index in [2.05, 4.69) is 31.9 Å². The zero-order chi connectivity index (χ0) is 17.5. The van der Waals surface area contributed by atoms with Crippen LogP contribution in [0.15, 0.2) is 25.1 Å². The van der Waals surface area contributed by atoms with Crippen molar-refractivity contribution in [3.8, 4) is 0 Å². The lowest BCUT2D eigenvalue weighted by Gasteiger charge is -2.34. The van der Waals surface area contributed by atoms with E-state index < -0.39 is 20.0 Å². The van der Waals surface area contributed by atoms with E-state index in [0.717, 1.165) is 0 Å². The summed E-state index contributed by atoms with van der Waals surface area (Å²) in [5.74, 6) is -0.487. The topological polar surface area (TPSA) is 0 Å². The van der Waals surface area contributed by atoms with Crippen LogP contribution in [0.4, 0.5) is 0 Å². The lowest BCUT2D eigenvalue weighted by molar-refractivity contribution is 0.599. The second-order valence-corrected chi connectivity index (χ2v) is 11.1. The molecule has 3 atom stereocenters. The summed E-state index contributed by atoms with van der Waals surface area (Å²) in [5, 5.41) is 0.944. The van der Waals surface area contributed by atoms with Crippen LogP contribution in [0.2, 0.25) is 10.0 Å². The van der Waals surface area contributed by atoms with E-state index >= 15 is 0 Å². The van der Waals surface area contributed by atoms with Crippen molar-refractivity contribution in [3.05, 3.63) is 40.7 Å². The Hall–Kier alpha value is 2.24. The largest absolute Gasteiger partial charge is 0.166 e. The molecule has 10 heteroatoms. The standard InChI is InChI=1S/C13H4Br2Cl8/c14-4-1-5(15)7(16)8(17)6(4)3-2-11(20)9(18)10(19)12(3,21)13(11,22)23/h1,3H,2H2. The molecule has 0 N–H and O–H groups in total. The van der Waals surface area contributed by atoms with Crippen LogP contribution in [0.5, 0.6) is 0 Å². The predicted octanol–water partition coefficient (Wildman–Crippen LogP) is 8.84. The molecule has 23 heavy (non-hydrogen) atoms. The first-order chi connectivity index (χ1) is 10.4. The first-order valence-corrected chi connectivity index (χ1v) is 10.7. The summed E-state index contributed by atoms with van der Waals surface area (Å²) in [5.41, 5.74) is 0.630. The predicted molar refractivity (Wildman–Crippen MR) is 110 cm³/mol. The van der Waals surface area contributed by atoms with Gasteiger partial charge in [0, 0.05) is 14.9 Å². The Balaban J connectivity index is 2.29. The maximum Gasteiger partial charge on any atom is 0.166 e. The smallest absolute Gasteiger partial charge is 0.110 e. The van der Waals surface area contributed by atoms with Crippen molar-refractivity contribution in [3.63, 3.8) is 0 Å². The van der Waals surface area contributed by atoms with Crippen LogP contribution in [0.3, 0.4) is 0 Å². The van der Waals surface area contributed by atoms with Crippen LogP contribution in [-0.4, -0.2) is 14.1 Å². The highest BCUT2D eigenvalue weighted by atomic mass is 79.9. The van der Waals surface area contributed by atoms with E-state index in [-0.39, 0.29) is 16.5 Å². The summed E-state index contributed by atoms with van der Waals surface area (Å²) in [6.45, 7) is 0. The minimum atomic E-state index is -1.61. The molecule has 1 aromatic rings. The van der Waals surface area contributed by atoms with Crippen LogP contribution in [0.1, 0.15) is 17.9 Å². The Bertz CT molecular complexity index is 761. The molecule has 2 aliphatic rings. The van der Waals surface area contributed by atoms with E-state index in [1.807, 2.05) is 0 Å². The molecule has 3 unspecified atom stereocenters. The third-order valence-corrected chi connectivity index (χ3v) is 10.9. The highest BCUT2D eigenvalue weighted by molar-refractivity contribution is 9.11. The van der Waals surface area contributed by atoms with E-state index in [9.17, 15) is 0 Å². The average molecular weight is 604 g/mol. The lowest BCUT2D eigenvalue weighted by atomic mass is 9.85. The van der Waals surface area contributed by atoms with Gasteiger partial charge in [0.1, 0.15) is 9.75 Å². The Kier molecular flexibility index (Phi) is 5.32. The normalized spacial score (nSPS) is 35.3. The fourth-order valence-corrected chi connectivity index (χ4v) is 8.04. The van der Waals surface area contributed by atoms with Gasteiger partial charge in [-0.25, -0.2) is 0 Å². The number of fused-ring (bicyclic) bond motifs is 2. The summed E-state index contributed by atoms with van der Waals surface area (Å²) in [7, 11) is 0. The van der Waals surface area contributed by atoms with Crippen molar-refractivity contribution < 1.29 is 0 Å². The van der Waals surface area contributed by atoms with Crippen molar-refractivity contribution in [1.29, 1.82) is 0 Å². The van der Waals surface area contributed by atoms with Gasteiger partial charge in [-0.15, -0.1) is 23.2 Å². The van der Waals surface area contributed by atoms with Gasteiger partial charge in [0.05, 0.1) is 20.1 Å². The molecule has 2 bridgehead atoms. The molecular weight excluding hydrogens is 600 g/mol. The highest BCUT2D eigenvalue weighted by Crippen LogP contribution is 2.77. The first-order valence-electron chi connectivity index (χ1n) is 6.06. The van der Waals surface area contributed by atoms with Crippen molar-refractivity contribution in [2.24, 2.45) is 0 Å². The lowest BCUT2D eigenvalue weighted by Crippen LogP contribution is -2.43. The van der Waals surface area contributed by atoms with Gasteiger partial charge < -0.3 is 0 Å². The molecule has 1 fully saturated rings. The molecule has 0 aliphatic heterocycles. The summed E-state index contributed by atoms with van der Waals surface area (Å²) < 4.78 is -0.291. The molecule has 1 saturated carbocycles. The molecule has 2 aliphatic carbocycles. The SMILES string of the molecule is ClC1=C(Cl)C2(Cl)C(c3c(Br)cc(Br)c(Cl)c3Cl)CC1(Cl)C2(Cl)Cl. The number of benzene rings is 1. The third kappa shape index (κ3) is 2.36. The van der Waals surface area contributed by atoms with E-state index in [4.69, 9.17) is 92.8 Å². The molecule has 0 nitrogen and oxygen atoms in total. The number of halogens is 10. The van der Waals surface area contributed by atoms with Gasteiger partial charge in [-0.1, -0.05) is 85.5 Å². The number of hydrogen-bond donors (Lipinski definition) is 0. The van der Waals surface area contributed by atoms with Crippen molar-refractivity contribution in [1.82, 2.24) is 0 Å². The highest BCUT2D eigenvalue weighted by Gasteiger charge is 2.78. The minimum absolute atomic E-state index is 0.124. The van der Waals surface area contributed by atoms with Crippen molar-refractivity contribution in [2.45, 2.75) is 26.4 Å². The molecule has 0 aromatic heterocycles. The second-order valence-electron chi connectivity index (χ2n) is 5.35. The monoisotopic (exact) mass is 598 g/mol. The zero-order valence-corrected chi connectivity index (χ0v) is 19.9. The maximum atomic E-state index is 6.80. The molecular formula is C13H4Br2Cl8. The van der Waals surface area contributed by atoms with Crippen LogP contribution in [0, 0.1) is 0 Å². The number of hydrogen-bond acceptors (Lipinski definition) is 0. The molecule has 1 aromatic carbocycles. The van der Waals surface area contributed by atoms with Crippen LogP contribution in [0.25, 0.3) is 0 Å². The molecule has 0 amide bonds. The maximum absolute atomic E-state index is 6.80. The Labute approximate surface area is 189 Å². The number of allylic oxidation sites excluding steroid dienone is 2. The Morgan fingerprint density at radius 1 is 0.870 bits per heavy atom. The van der Waals surface area contributed by atoms with Gasteiger partial charge in [0.25, 0.3) is 0 Å². The molecule has 126 valence electrons. The molecule has 0 saturated heterocycles. The summed E-state index contributed by atoms with van der Waals surface area (Å²) in [6.07, 6.45) is 0.260. The summed E-state index contributed by atoms with van der Waals surface area (Å²) in [4.78, 5) is -2.72.